The van der Waals surface area contributed by atoms with Crippen LogP contribution in [0.15, 0.2) is 67.0 Å². The summed E-state index contributed by atoms with van der Waals surface area (Å²) < 4.78 is 1.77. The number of carbonyl (C=O) groups is 2. The number of hydrogen-bond donors (Lipinski definition) is 1. The van der Waals surface area contributed by atoms with E-state index in [1.165, 1.54) is 6.92 Å². The van der Waals surface area contributed by atoms with Crippen LogP contribution in [0.5, 0.6) is 0 Å². The van der Waals surface area contributed by atoms with E-state index in [4.69, 9.17) is 0 Å². The van der Waals surface area contributed by atoms with Crippen molar-refractivity contribution in [1.82, 2.24) is 9.78 Å². The summed E-state index contributed by atoms with van der Waals surface area (Å²) in [6.07, 6.45) is 3.88. The molecular formula is C20H20N4O2. The Morgan fingerprint density at radius 1 is 1.08 bits per heavy atom. The third kappa shape index (κ3) is 4.16. The molecule has 1 aromatic heterocycles. The van der Waals surface area contributed by atoms with Crippen molar-refractivity contribution in [2.24, 2.45) is 0 Å². The molecule has 2 amide bonds. The van der Waals surface area contributed by atoms with Gasteiger partial charge in [0.25, 0.3) is 0 Å². The van der Waals surface area contributed by atoms with E-state index in [1.54, 1.807) is 47.1 Å². The van der Waals surface area contributed by atoms with Crippen molar-refractivity contribution in [3.05, 3.63) is 72.6 Å². The Kier molecular flexibility index (Phi) is 5.12. The number of rotatable bonds is 5. The van der Waals surface area contributed by atoms with Crippen LogP contribution in [0.1, 0.15) is 12.5 Å². The largest absolute Gasteiger partial charge is 0.326 e. The van der Waals surface area contributed by atoms with Gasteiger partial charge in [-0.05, 0) is 48.0 Å². The van der Waals surface area contributed by atoms with Gasteiger partial charge in [0, 0.05) is 37.7 Å². The van der Waals surface area contributed by atoms with Gasteiger partial charge in [-0.1, -0.05) is 12.1 Å². The molecule has 3 aromatic rings. The molecule has 0 radical (unpaired) electrons. The average molecular weight is 348 g/mol. The molecule has 0 aliphatic rings. The highest BCUT2D eigenvalue weighted by Crippen LogP contribution is 2.17. The zero-order chi connectivity index (χ0) is 18.5. The van der Waals surface area contributed by atoms with E-state index in [0.717, 1.165) is 16.9 Å². The summed E-state index contributed by atoms with van der Waals surface area (Å²) in [5, 5.41) is 7.04. The quantitative estimate of drug-likeness (QED) is 0.771. The molecule has 132 valence electrons. The fourth-order valence-corrected chi connectivity index (χ4v) is 2.53. The molecule has 0 saturated heterocycles. The summed E-state index contributed by atoms with van der Waals surface area (Å²) in [4.78, 5) is 25.1. The average Bonchev–Trinajstić information content (AvgIpc) is 3.17. The van der Waals surface area contributed by atoms with Gasteiger partial charge in [-0.15, -0.1) is 0 Å². The first-order valence-corrected chi connectivity index (χ1v) is 8.26. The molecule has 6 nitrogen and oxygen atoms in total. The van der Waals surface area contributed by atoms with Crippen LogP contribution in [-0.2, 0) is 16.0 Å². The van der Waals surface area contributed by atoms with Gasteiger partial charge < -0.3 is 10.2 Å². The van der Waals surface area contributed by atoms with Gasteiger partial charge in [-0.3, -0.25) is 9.59 Å². The number of nitrogens with zero attached hydrogens (tertiary/aromatic N) is 3. The standard InChI is InChI=1S/C20H20N4O2/c1-15(25)23(2)18-10-6-17(7-11-18)22-20(26)14-16-4-8-19(9-5-16)24-13-3-12-21-24/h3-13H,14H2,1-2H3,(H,22,26). The second-order valence-electron chi connectivity index (χ2n) is 5.97. The summed E-state index contributed by atoms with van der Waals surface area (Å²) >= 11 is 0. The number of benzene rings is 2. The lowest BCUT2D eigenvalue weighted by Gasteiger charge is -2.15. The topological polar surface area (TPSA) is 67.2 Å². The highest BCUT2D eigenvalue weighted by atomic mass is 16.2. The second-order valence-corrected chi connectivity index (χ2v) is 5.97. The van der Waals surface area contributed by atoms with E-state index in [-0.39, 0.29) is 18.2 Å². The van der Waals surface area contributed by atoms with Crippen LogP contribution < -0.4 is 10.2 Å². The van der Waals surface area contributed by atoms with Gasteiger partial charge in [-0.25, -0.2) is 4.68 Å². The summed E-state index contributed by atoms with van der Waals surface area (Å²) in [6.45, 7) is 1.51. The Bertz CT molecular complexity index is 885. The van der Waals surface area contributed by atoms with Crippen molar-refractivity contribution in [1.29, 1.82) is 0 Å². The predicted molar refractivity (Wildman–Crippen MR) is 101 cm³/mol. The lowest BCUT2D eigenvalue weighted by atomic mass is 10.1. The van der Waals surface area contributed by atoms with Gasteiger partial charge in [0.1, 0.15) is 0 Å². The van der Waals surface area contributed by atoms with Crippen molar-refractivity contribution in [3.8, 4) is 5.69 Å². The Morgan fingerprint density at radius 2 is 1.77 bits per heavy atom. The van der Waals surface area contributed by atoms with Crippen molar-refractivity contribution < 1.29 is 9.59 Å². The molecule has 0 fully saturated rings. The number of nitrogens with one attached hydrogen (secondary N) is 1. The van der Waals surface area contributed by atoms with Crippen molar-refractivity contribution >= 4 is 23.2 Å². The molecule has 3 rings (SSSR count). The first kappa shape index (κ1) is 17.4. The smallest absolute Gasteiger partial charge is 0.228 e. The minimum absolute atomic E-state index is 0.0413. The first-order valence-electron chi connectivity index (χ1n) is 8.26. The summed E-state index contributed by atoms with van der Waals surface area (Å²) in [7, 11) is 1.71. The fraction of sp³-hybridized carbons (Fsp3) is 0.150. The molecule has 0 bridgehead atoms. The Morgan fingerprint density at radius 3 is 2.35 bits per heavy atom. The van der Waals surface area contributed by atoms with E-state index in [9.17, 15) is 9.59 Å². The normalized spacial score (nSPS) is 10.4. The molecule has 1 heterocycles. The molecule has 0 aliphatic heterocycles. The minimum atomic E-state index is -0.0930. The lowest BCUT2D eigenvalue weighted by molar-refractivity contribution is -0.116. The highest BCUT2D eigenvalue weighted by molar-refractivity contribution is 5.93. The van der Waals surface area contributed by atoms with E-state index in [1.807, 2.05) is 36.5 Å². The number of hydrogen-bond acceptors (Lipinski definition) is 3. The summed E-state index contributed by atoms with van der Waals surface area (Å²) in [6, 6.07) is 16.7. The fourth-order valence-electron chi connectivity index (χ4n) is 2.53. The maximum Gasteiger partial charge on any atom is 0.228 e. The van der Waals surface area contributed by atoms with Crippen LogP contribution in [0, 0.1) is 0 Å². The van der Waals surface area contributed by atoms with Crippen LogP contribution >= 0.6 is 0 Å². The Hall–Kier alpha value is -3.41. The molecule has 6 heteroatoms. The molecule has 0 atom stereocenters. The molecule has 1 N–H and O–H groups in total. The second kappa shape index (κ2) is 7.65. The van der Waals surface area contributed by atoms with Crippen molar-refractivity contribution in [3.63, 3.8) is 0 Å². The van der Waals surface area contributed by atoms with Crippen LogP contribution in [0.25, 0.3) is 5.69 Å². The van der Waals surface area contributed by atoms with Crippen LogP contribution in [0.2, 0.25) is 0 Å². The van der Waals surface area contributed by atoms with E-state index in [0.29, 0.717) is 5.69 Å². The minimum Gasteiger partial charge on any atom is -0.326 e. The lowest BCUT2D eigenvalue weighted by Crippen LogP contribution is -2.22. The molecular weight excluding hydrogens is 328 g/mol. The Labute approximate surface area is 152 Å². The molecule has 0 aliphatic carbocycles. The summed E-state index contributed by atoms with van der Waals surface area (Å²) in [5.41, 5.74) is 3.35. The predicted octanol–water partition coefficient (Wildman–Crippen LogP) is 3.04. The van der Waals surface area contributed by atoms with Crippen molar-refractivity contribution in [2.75, 3.05) is 17.3 Å². The molecule has 26 heavy (non-hydrogen) atoms. The first-order chi connectivity index (χ1) is 12.5. The maximum atomic E-state index is 12.2. The molecule has 0 unspecified atom stereocenters. The zero-order valence-electron chi connectivity index (χ0n) is 14.7. The van der Waals surface area contributed by atoms with Crippen molar-refractivity contribution in [2.45, 2.75) is 13.3 Å². The molecule has 0 saturated carbocycles. The van der Waals surface area contributed by atoms with E-state index < -0.39 is 0 Å². The number of amides is 2. The highest BCUT2D eigenvalue weighted by Gasteiger charge is 2.07. The molecule has 2 aromatic carbocycles. The van der Waals surface area contributed by atoms with Gasteiger partial charge in [0.05, 0.1) is 12.1 Å². The third-order valence-electron chi connectivity index (χ3n) is 4.08. The zero-order valence-corrected chi connectivity index (χ0v) is 14.7. The van der Waals surface area contributed by atoms with E-state index >= 15 is 0 Å². The number of aromatic nitrogens is 2. The van der Waals surface area contributed by atoms with Gasteiger partial charge in [-0.2, -0.15) is 5.10 Å². The monoisotopic (exact) mass is 348 g/mol. The van der Waals surface area contributed by atoms with Gasteiger partial charge >= 0.3 is 0 Å². The van der Waals surface area contributed by atoms with Crippen LogP contribution in [-0.4, -0.2) is 28.6 Å². The van der Waals surface area contributed by atoms with Gasteiger partial charge in [0.2, 0.25) is 11.8 Å². The van der Waals surface area contributed by atoms with Crippen LogP contribution in [0.3, 0.4) is 0 Å². The number of carbonyl (C=O) groups excluding carboxylic acids is 2. The summed E-state index contributed by atoms with van der Waals surface area (Å²) in [5.74, 6) is -0.134. The Balaban J connectivity index is 1.59. The van der Waals surface area contributed by atoms with E-state index in [2.05, 4.69) is 10.4 Å². The third-order valence-corrected chi connectivity index (χ3v) is 4.08. The number of anilines is 2. The van der Waals surface area contributed by atoms with Gasteiger partial charge in [0.15, 0.2) is 0 Å². The van der Waals surface area contributed by atoms with Crippen LogP contribution in [0.4, 0.5) is 11.4 Å². The SMILES string of the molecule is CC(=O)N(C)c1ccc(NC(=O)Cc2ccc(-n3cccn3)cc2)cc1. The molecule has 0 spiro atoms. The maximum absolute atomic E-state index is 12.2.